The fourth-order valence-electron chi connectivity index (χ4n) is 5.79. The molecule has 2 atom stereocenters. The highest BCUT2D eigenvalue weighted by atomic mass is 32.2. The average molecular weight is 448 g/mol. The third-order valence-electron chi connectivity index (χ3n) is 7.61. The summed E-state index contributed by atoms with van der Waals surface area (Å²) in [6.45, 7) is 4.76. The highest BCUT2D eigenvalue weighted by Crippen LogP contribution is 2.67. The molecular formula is C22H29N3O5S. The lowest BCUT2D eigenvalue weighted by Gasteiger charge is -2.44. The normalized spacial score (nSPS) is 27.3. The van der Waals surface area contributed by atoms with E-state index in [1.54, 1.807) is 19.0 Å². The molecule has 0 unspecified atom stereocenters. The topological polar surface area (TPSA) is 101 Å². The van der Waals surface area contributed by atoms with Crippen LogP contribution in [0.4, 0.5) is 5.69 Å². The zero-order chi connectivity index (χ0) is 22.8. The van der Waals surface area contributed by atoms with Gasteiger partial charge in [0.05, 0.1) is 15.7 Å². The molecule has 31 heavy (non-hydrogen) atoms. The summed E-state index contributed by atoms with van der Waals surface area (Å²) in [5.41, 5.74) is 1.66. The van der Waals surface area contributed by atoms with E-state index in [4.69, 9.17) is 0 Å². The van der Waals surface area contributed by atoms with E-state index >= 15 is 0 Å². The Bertz CT molecular complexity index is 1070. The van der Waals surface area contributed by atoms with Gasteiger partial charge < -0.3 is 4.90 Å². The first-order valence-corrected chi connectivity index (χ1v) is 12.1. The third kappa shape index (κ3) is 3.29. The molecule has 8 nitrogen and oxygen atoms in total. The highest BCUT2D eigenvalue weighted by molar-refractivity contribution is 7.89. The van der Waals surface area contributed by atoms with E-state index in [2.05, 4.69) is 6.92 Å². The Kier molecular flexibility index (Phi) is 5.05. The van der Waals surface area contributed by atoms with Crippen LogP contribution in [0.1, 0.15) is 39.5 Å². The van der Waals surface area contributed by atoms with Gasteiger partial charge in [-0.05, 0) is 55.7 Å². The summed E-state index contributed by atoms with van der Waals surface area (Å²) < 4.78 is 28.3. The Hall–Kier alpha value is -2.26. The fourth-order valence-corrected chi connectivity index (χ4v) is 7.28. The first-order valence-electron chi connectivity index (χ1n) is 10.6. The van der Waals surface area contributed by atoms with E-state index in [1.807, 2.05) is 6.92 Å². The molecule has 2 aliphatic carbocycles. The van der Waals surface area contributed by atoms with Crippen molar-refractivity contribution in [2.24, 2.45) is 16.7 Å². The second kappa shape index (κ2) is 7.13. The van der Waals surface area contributed by atoms with Gasteiger partial charge in [0.15, 0.2) is 0 Å². The summed E-state index contributed by atoms with van der Waals surface area (Å²) >= 11 is 0. The van der Waals surface area contributed by atoms with Crippen molar-refractivity contribution in [1.29, 1.82) is 0 Å². The van der Waals surface area contributed by atoms with E-state index in [0.717, 1.165) is 36.8 Å². The maximum absolute atomic E-state index is 13.4. The number of nitro groups is 1. The molecule has 168 valence electrons. The van der Waals surface area contributed by atoms with Crippen LogP contribution in [0.5, 0.6) is 0 Å². The second-order valence-electron chi connectivity index (χ2n) is 9.52. The van der Waals surface area contributed by atoms with E-state index in [1.165, 1.54) is 28.6 Å². The maximum atomic E-state index is 13.4. The predicted octanol–water partition coefficient (Wildman–Crippen LogP) is 3.20. The summed E-state index contributed by atoms with van der Waals surface area (Å²) in [5, 5.41) is 10.9. The predicted molar refractivity (Wildman–Crippen MR) is 116 cm³/mol. The van der Waals surface area contributed by atoms with Crippen molar-refractivity contribution in [1.82, 2.24) is 9.21 Å². The Morgan fingerprint density at radius 2 is 1.87 bits per heavy atom. The summed E-state index contributed by atoms with van der Waals surface area (Å²) in [7, 11) is -0.249. The van der Waals surface area contributed by atoms with Crippen LogP contribution >= 0.6 is 0 Å². The Balaban J connectivity index is 1.73. The zero-order valence-electron chi connectivity index (χ0n) is 18.4. The number of carbonyl (C=O) groups excluding carboxylic acids is 1. The van der Waals surface area contributed by atoms with E-state index in [0.29, 0.717) is 6.54 Å². The van der Waals surface area contributed by atoms with Gasteiger partial charge in [0.25, 0.3) is 5.69 Å². The highest BCUT2D eigenvalue weighted by Gasteiger charge is 2.63. The van der Waals surface area contributed by atoms with Gasteiger partial charge >= 0.3 is 0 Å². The van der Waals surface area contributed by atoms with Gasteiger partial charge in [0.1, 0.15) is 0 Å². The molecule has 2 fully saturated rings. The maximum Gasteiger partial charge on any atom is 0.269 e. The molecular weight excluding hydrogens is 418 g/mol. The second-order valence-corrected chi connectivity index (χ2v) is 11.5. The molecule has 1 aromatic carbocycles. The van der Waals surface area contributed by atoms with Crippen molar-refractivity contribution in [2.75, 3.05) is 27.2 Å². The molecule has 1 heterocycles. The van der Waals surface area contributed by atoms with Crippen molar-refractivity contribution in [2.45, 2.75) is 44.4 Å². The first-order chi connectivity index (χ1) is 14.5. The van der Waals surface area contributed by atoms with Gasteiger partial charge in [-0.3, -0.25) is 14.9 Å². The van der Waals surface area contributed by atoms with Crippen molar-refractivity contribution in [3.63, 3.8) is 0 Å². The van der Waals surface area contributed by atoms with Crippen LogP contribution in [0.3, 0.4) is 0 Å². The number of rotatable bonds is 5. The molecule has 1 amide bonds. The van der Waals surface area contributed by atoms with Gasteiger partial charge in [-0.15, -0.1) is 0 Å². The number of nitro benzene ring substituents is 1. The van der Waals surface area contributed by atoms with Gasteiger partial charge in [-0.1, -0.05) is 12.5 Å². The van der Waals surface area contributed by atoms with Gasteiger partial charge in [-0.25, -0.2) is 8.42 Å². The van der Waals surface area contributed by atoms with Gasteiger partial charge in [0.2, 0.25) is 15.9 Å². The van der Waals surface area contributed by atoms with Crippen molar-refractivity contribution >= 4 is 21.6 Å². The molecule has 1 saturated heterocycles. The Morgan fingerprint density at radius 3 is 2.35 bits per heavy atom. The first kappa shape index (κ1) is 22.0. The SMILES string of the molecule is CC[C@@]12CN(S(=O)(=O)c3ccc([N+](=O)[O-])cc3)CC1=C(C)[C@H](C(=O)N(C)C)C1(CC1)C2. The van der Waals surface area contributed by atoms with Crippen molar-refractivity contribution in [3.05, 3.63) is 45.5 Å². The van der Waals surface area contributed by atoms with Gasteiger partial charge in [-0.2, -0.15) is 4.31 Å². The van der Waals surface area contributed by atoms with Crippen LogP contribution < -0.4 is 0 Å². The zero-order valence-corrected chi connectivity index (χ0v) is 19.2. The summed E-state index contributed by atoms with van der Waals surface area (Å²) in [5.74, 6) is -0.0805. The molecule has 1 aliphatic heterocycles. The number of benzene rings is 1. The minimum atomic E-state index is -3.80. The summed E-state index contributed by atoms with van der Waals surface area (Å²) in [6, 6.07) is 5.05. The summed E-state index contributed by atoms with van der Waals surface area (Å²) in [4.78, 5) is 25.1. The molecule has 1 saturated carbocycles. The standard InChI is InChI=1S/C22H29N3O5S/c1-5-21-13-22(10-11-22)19(20(26)23(3)4)15(2)18(21)12-24(14-21)31(29,30)17-8-6-16(7-9-17)25(27)28/h6-9,19H,5,10-14H2,1-4H3/t19-,21-/m1/s1. The van der Waals surface area contributed by atoms with E-state index in [9.17, 15) is 23.3 Å². The molecule has 0 bridgehead atoms. The van der Waals surface area contributed by atoms with Crippen molar-refractivity contribution in [3.8, 4) is 0 Å². The molecule has 1 spiro atoms. The fraction of sp³-hybridized carbons (Fsp3) is 0.591. The lowest BCUT2D eigenvalue weighted by atomic mass is 9.60. The molecule has 3 aliphatic rings. The quantitative estimate of drug-likeness (QED) is 0.392. The number of non-ortho nitro benzene ring substituents is 1. The van der Waals surface area contributed by atoms with Crippen LogP contribution in [0.2, 0.25) is 0 Å². The molecule has 4 rings (SSSR count). The van der Waals surface area contributed by atoms with Crippen LogP contribution in [0, 0.1) is 26.9 Å². The Morgan fingerprint density at radius 1 is 1.26 bits per heavy atom. The minimum absolute atomic E-state index is 0.0575. The largest absolute Gasteiger partial charge is 0.348 e. The number of nitrogens with zero attached hydrogens (tertiary/aromatic N) is 3. The smallest absolute Gasteiger partial charge is 0.269 e. The van der Waals surface area contributed by atoms with Gasteiger partial charge in [0, 0.05) is 44.7 Å². The lowest BCUT2D eigenvalue weighted by molar-refractivity contribution is -0.384. The van der Waals surface area contributed by atoms with Crippen LogP contribution in [-0.4, -0.2) is 55.6 Å². The van der Waals surface area contributed by atoms with Crippen LogP contribution in [-0.2, 0) is 14.8 Å². The van der Waals surface area contributed by atoms with Crippen LogP contribution in [0.15, 0.2) is 40.3 Å². The monoisotopic (exact) mass is 447 g/mol. The number of amides is 1. The molecule has 1 aromatic rings. The molecule has 9 heteroatoms. The number of sulfonamides is 1. The molecule has 0 aromatic heterocycles. The van der Waals surface area contributed by atoms with Crippen molar-refractivity contribution < 1.29 is 18.1 Å². The lowest BCUT2D eigenvalue weighted by Crippen LogP contribution is -2.44. The minimum Gasteiger partial charge on any atom is -0.348 e. The Labute approximate surface area is 183 Å². The average Bonchev–Trinajstić information content (AvgIpc) is 3.36. The number of carbonyl (C=O) groups is 1. The summed E-state index contributed by atoms with van der Waals surface area (Å²) in [6.07, 6.45) is 3.65. The number of hydrogen-bond donors (Lipinski definition) is 0. The van der Waals surface area contributed by atoms with E-state index < -0.39 is 14.9 Å². The molecule has 0 N–H and O–H groups in total. The van der Waals surface area contributed by atoms with E-state index in [-0.39, 0.29) is 39.8 Å². The number of fused-ring (bicyclic) bond motifs is 1. The third-order valence-corrected chi connectivity index (χ3v) is 9.41. The molecule has 0 radical (unpaired) electrons. The number of hydrogen-bond acceptors (Lipinski definition) is 5. The van der Waals surface area contributed by atoms with Crippen LogP contribution in [0.25, 0.3) is 0 Å².